The van der Waals surface area contributed by atoms with Crippen molar-refractivity contribution in [3.8, 4) is 11.6 Å². The Morgan fingerprint density at radius 2 is 2.09 bits per heavy atom. The number of aromatic nitrogens is 2. The second kappa shape index (κ2) is 6.87. The van der Waals surface area contributed by atoms with E-state index in [1.165, 1.54) is 0 Å². The van der Waals surface area contributed by atoms with Crippen molar-refractivity contribution in [3.05, 3.63) is 42.6 Å². The van der Waals surface area contributed by atoms with Crippen LogP contribution in [0.15, 0.2) is 42.6 Å². The number of hydrogen-bond donors (Lipinski definition) is 0. The highest BCUT2D eigenvalue weighted by molar-refractivity contribution is 7.85. The van der Waals surface area contributed by atoms with Crippen LogP contribution < -0.4 is 9.64 Å². The first kappa shape index (κ1) is 15.0. The van der Waals surface area contributed by atoms with E-state index in [4.69, 9.17) is 4.74 Å². The lowest BCUT2D eigenvalue weighted by molar-refractivity contribution is 0.460. The van der Waals surface area contributed by atoms with E-state index >= 15 is 0 Å². The van der Waals surface area contributed by atoms with E-state index in [9.17, 15) is 4.21 Å². The van der Waals surface area contributed by atoms with Gasteiger partial charge in [0, 0.05) is 47.7 Å². The van der Waals surface area contributed by atoms with Gasteiger partial charge in [-0.2, -0.15) is 4.98 Å². The molecule has 0 amide bonds. The van der Waals surface area contributed by atoms with Crippen molar-refractivity contribution in [2.75, 3.05) is 29.5 Å². The molecule has 6 heteroatoms. The third-order valence-electron chi connectivity index (χ3n) is 3.46. The zero-order valence-electron chi connectivity index (χ0n) is 12.5. The molecule has 22 heavy (non-hydrogen) atoms. The monoisotopic (exact) mass is 317 g/mol. The molecule has 0 aliphatic carbocycles. The van der Waals surface area contributed by atoms with Crippen LogP contribution in [-0.2, 0) is 10.8 Å². The third kappa shape index (κ3) is 3.82. The predicted octanol–water partition coefficient (Wildman–Crippen LogP) is 2.47. The zero-order valence-corrected chi connectivity index (χ0v) is 13.3. The fourth-order valence-corrected chi connectivity index (χ4v) is 3.80. The molecule has 0 unspecified atom stereocenters. The van der Waals surface area contributed by atoms with E-state index in [-0.39, 0.29) is 0 Å². The summed E-state index contributed by atoms with van der Waals surface area (Å²) >= 11 is 0. The molecule has 1 aromatic carbocycles. The van der Waals surface area contributed by atoms with Crippen molar-refractivity contribution < 1.29 is 8.95 Å². The first-order valence-electron chi connectivity index (χ1n) is 7.36. The molecule has 0 saturated carbocycles. The van der Waals surface area contributed by atoms with E-state index in [1.807, 2.05) is 30.3 Å². The summed E-state index contributed by atoms with van der Waals surface area (Å²) in [5, 5.41) is 0. The van der Waals surface area contributed by atoms with E-state index in [1.54, 1.807) is 12.3 Å². The molecule has 116 valence electrons. The summed E-state index contributed by atoms with van der Waals surface area (Å²) in [7, 11) is -0.747. The molecule has 1 aromatic heterocycles. The Kier molecular flexibility index (Phi) is 4.68. The summed E-state index contributed by atoms with van der Waals surface area (Å²) < 4.78 is 17.5. The molecule has 1 aliphatic rings. The van der Waals surface area contributed by atoms with Crippen molar-refractivity contribution >= 4 is 16.7 Å². The fraction of sp³-hybridized carbons (Fsp3) is 0.375. The van der Waals surface area contributed by atoms with E-state index in [0.29, 0.717) is 30.0 Å². The maximum atomic E-state index is 11.8. The van der Waals surface area contributed by atoms with Gasteiger partial charge in [0.05, 0.1) is 0 Å². The predicted molar refractivity (Wildman–Crippen MR) is 87.8 cm³/mol. The van der Waals surface area contributed by atoms with Crippen LogP contribution in [0, 0.1) is 5.92 Å². The van der Waals surface area contributed by atoms with Gasteiger partial charge in [-0.05, 0) is 18.1 Å². The number of nitrogens with zero attached hydrogens (tertiary/aromatic N) is 3. The Morgan fingerprint density at radius 3 is 2.91 bits per heavy atom. The molecule has 3 rings (SSSR count). The van der Waals surface area contributed by atoms with Gasteiger partial charge in [-0.1, -0.05) is 25.1 Å². The van der Waals surface area contributed by atoms with Gasteiger partial charge in [0.25, 0.3) is 0 Å². The topological polar surface area (TPSA) is 55.3 Å². The standard InChI is InChI=1S/C16H19N3O2S/c1-13-11-19(9-10-22(20)12-13)16-17-8-7-15(18-16)21-14-5-3-2-4-6-14/h2-8,13H,9-12H2,1H3/t13-,22-/m0/s1. The van der Waals surface area contributed by atoms with Gasteiger partial charge in [-0.15, -0.1) is 0 Å². The molecule has 1 aliphatic heterocycles. The zero-order chi connectivity index (χ0) is 15.4. The average Bonchev–Trinajstić information content (AvgIpc) is 2.69. The Labute approximate surface area is 132 Å². The van der Waals surface area contributed by atoms with Crippen molar-refractivity contribution in [3.63, 3.8) is 0 Å². The van der Waals surface area contributed by atoms with Crippen molar-refractivity contribution in [2.24, 2.45) is 5.92 Å². The van der Waals surface area contributed by atoms with Crippen LogP contribution in [0.2, 0.25) is 0 Å². The van der Waals surface area contributed by atoms with E-state index < -0.39 is 10.8 Å². The number of rotatable bonds is 3. The summed E-state index contributed by atoms with van der Waals surface area (Å²) in [4.78, 5) is 10.9. The summed E-state index contributed by atoms with van der Waals surface area (Å²) in [6.07, 6.45) is 1.70. The molecular weight excluding hydrogens is 298 g/mol. The van der Waals surface area contributed by atoms with Gasteiger partial charge in [-0.3, -0.25) is 4.21 Å². The molecule has 0 radical (unpaired) electrons. The molecule has 0 spiro atoms. The first-order valence-corrected chi connectivity index (χ1v) is 8.85. The van der Waals surface area contributed by atoms with Crippen LogP contribution in [0.1, 0.15) is 6.92 Å². The van der Waals surface area contributed by atoms with Gasteiger partial charge in [0.2, 0.25) is 11.8 Å². The number of para-hydroxylation sites is 1. The minimum Gasteiger partial charge on any atom is -0.439 e. The molecule has 2 atom stereocenters. The van der Waals surface area contributed by atoms with Crippen molar-refractivity contribution in [1.82, 2.24) is 9.97 Å². The summed E-state index contributed by atoms with van der Waals surface area (Å²) in [6, 6.07) is 11.3. The fourth-order valence-electron chi connectivity index (χ4n) is 2.47. The highest BCUT2D eigenvalue weighted by Gasteiger charge is 2.21. The third-order valence-corrected chi connectivity index (χ3v) is 5.04. The van der Waals surface area contributed by atoms with E-state index in [2.05, 4.69) is 21.8 Å². The maximum Gasteiger partial charge on any atom is 0.228 e. The minimum absolute atomic E-state index is 0.366. The van der Waals surface area contributed by atoms with Crippen LogP contribution in [0.5, 0.6) is 11.6 Å². The van der Waals surface area contributed by atoms with Crippen LogP contribution in [0.25, 0.3) is 0 Å². The lowest BCUT2D eigenvalue weighted by Gasteiger charge is -2.22. The summed E-state index contributed by atoms with van der Waals surface area (Å²) in [5.41, 5.74) is 0. The van der Waals surface area contributed by atoms with Gasteiger partial charge in [0.15, 0.2) is 0 Å². The van der Waals surface area contributed by atoms with Crippen LogP contribution in [0.3, 0.4) is 0 Å². The molecule has 1 fully saturated rings. The number of anilines is 1. The number of hydrogen-bond acceptors (Lipinski definition) is 5. The second-order valence-electron chi connectivity index (χ2n) is 5.47. The lowest BCUT2D eigenvalue weighted by Crippen LogP contribution is -2.30. The van der Waals surface area contributed by atoms with Gasteiger partial charge in [-0.25, -0.2) is 4.98 Å². The van der Waals surface area contributed by atoms with Crippen molar-refractivity contribution in [1.29, 1.82) is 0 Å². The SMILES string of the molecule is C[C@H]1CN(c2nccc(Oc3ccccc3)n2)CC[S@](=O)C1. The second-order valence-corrected chi connectivity index (χ2v) is 7.09. The first-order chi connectivity index (χ1) is 10.7. The van der Waals surface area contributed by atoms with Crippen LogP contribution in [-0.4, -0.2) is 38.8 Å². The quantitative estimate of drug-likeness (QED) is 0.870. The lowest BCUT2D eigenvalue weighted by atomic mass is 10.2. The van der Waals surface area contributed by atoms with Crippen LogP contribution in [0.4, 0.5) is 5.95 Å². The molecule has 1 saturated heterocycles. The molecule has 0 bridgehead atoms. The molecule has 2 heterocycles. The Hall–Kier alpha value is -1.95. The summed E-state index contributed by atoms with van der Waals surface area (Å²) in [6.45, 7) is 3.65. The molecule has 2 aromatic rings. The summed E-state index contributed by atoms with van der Waals surface area (Å²) in [5.74, 6) is 3.69. The van der Waals surface area contributed by atoms with Crippen LogP contribution >= 0.6 is 0 Å². The molecule has 5 nitrogen and oxygen atoms in total. The Bertz CT molecular complexity index is 651. The minimum atomic E-state index is -0.747. The molecule has 0 N–H and O–H groups in total. The Balaban J connectivity index is 1.77. The van der Waals surface area contributed by atoms with Gasteiger partial charge < -0.3 is 9.64 Å². The number of benzene rings is 1. The van der Waals surface area contributed by atoms with E-state index in [0.717, 1.165) is 18.0 Å². The maximum absolute atomic E-state index is 11.8. The van der Waals surface area contributed by atoms with Gasteiger partial charge >= 0.3 is 0 Å². The molecular formula is C16H19N3O2S. The van der Waals surface area contributed by atoms with Crippen molar-refractivity contribution in [2.45, 2.75) is 6.92 Å². The smallest absolute Gasteiger partial charge is 0.228 e. The normalized spacial score (nSPS) is 22.1. The number of ether oxygens (including phenoxy) is 1. The highest BCUT2D eigenvalue weighted by atomic mass is 32.2. The van der Waals surface area contributed by atoms with Gasteiger partial charge in [0.1, 0.15) is 5.75 Å². The Morgan fingerprint density at radius 1 is 1.27 bits per heavy atom. The highest BCUT2D eigenvalue weighted by Crippen LogP contribution is 2.21. The average molecular weight is 317 g/mol. The largest absolute Gasteiger partial charge is 0.439 e.